The molecule has 2 aromatic rings. The second-order valence-corrected chi connectivity index (χ2v) is 11.5. The topological polar surface area (TPSA) is 86.8 Å². The van der Waals surface area contributed by atoms with Crippen LogP contribution in [0.3, 0.4) is 0 Å². The van der Waals surface area contributed by atoms with Gasteiger partial charge < -0.3 is 10.2 Å². The number of hydrogen-bond acceptors (Lipinski definition) is 4. The van der Waals surface area contributed by atoms with E-state index in [1.807, 2.05) is 45.9 Å². The van der Waals surface area contributed by atoms with Crippen molar-refractivity contribution in [2.24, 2.45) is 5.92 Å². The molecule has 0 fully saturated rings. The molecule has 2 rings (SSSR count). The molecule has 0 aliphatic heterocycles. The van der Waals surface area contributed by atoms with Crippen LogP contribution < -0.4 is 9.62 Å². The standard InChI is InChI=1S/C26H36ClN3O4S/c1-7-23(26(32)28-15-18(2)3)29(16-21-10-8-9-11-22(21)27)25(31)17-30(35(6,33)34)24-14-19(4)12-13-20(24)5/h8-14,18,23H,7,15-17H2,1-6H3,(H,28,32)/t23-/m1/s1. The van der Waals surface area contributed by atoms with E-state index in [1.165, 1.54) is 4.90 Å². The fourth-order valence-electron chi connectivity index (χ4n) is 3.74. The number of rotatable bonds is 11. The summed E-state index contributed by atoms with van der Waals surface area (Å²) >= 11 is 6.37. The van der Waals surface area contributed by atoms with Crippen LogP contribution in [-0.2, 0) is 26.2 Å². The van der Waals surface area contributed by atoms with E-state index in [2.05, 4.69) is 5.32 Å². The van der Waals surface area contributed by atoms with Crippen LogP contribution in [-0.4, -0.2) is 50.5 Å². The molecule has 0 saturated carbocycles. The monoisotopic (exact) mass is 521 g/mol. The highest BCUT2D eigenvalue weighted by Gasteiger charge is 2.32. The Kier molecular flexibility index (Phi) is 10.2. The largest absolute Gasteiger partial charge is 0.354 e. The van der Waals surface area contributed by atoms with E-state index in [4.69, 9.17) is 11.6 Å². The van der Waals surface area contributed by atoms with Crippen LogP contribution in [0.2, 0.25) is 5.02 Å². The lowest BCUT2D eigenvalue weighted by Crippen LogP contribution is -2.52. The van der Waals surface area contributed by atoms with E-state index in [0.29, 0.717) is 29.2 Å². The average molecular weight is 522 g/mol. The number of aryl methyl sites for hydroxylation is 2. The van der Waals surface area contributed by atoms with Gasteiger partial charge in [-0.3, -0.25) is 13.9 Å². The molecule has 0 unspecified atom stereocenters. The maximum atomic E-state index is 13.7. The molecule has 2 aromatic carbocycles. The van der Waals surface area contributed by atoms with Crippen molar-refractivity contribution in [3.05, 3.63) is 64.2 Å². The highest BCUT2D eigenvalue weighted by Crippen LogP contribution is 2.25. The van der Waals surface area contributed by atoms with E-state index in [9.17, 15) is 18.0 Å². The van der Waals surface area contributed by atoms with Crippen LogP contribution in [0.1, 0.15) is 43.9 Å². The molecule has 0 aromatic heterocycles. The van der Waals surface area contributed by atoms with E-state index in [-0.39, 0.29) is 18.4 Å². The van der Waals surface area contributed by atoms with Gasteiger partial charge in [-0.05, 0) is 55.0 Å². The van der Waals surface area contributed by atoms with Crippen LogP contribution >= 0.6 is 11.6 Å². The lowest BCUT2D eigenvalue weighted by Gasteiger charge is -2.33. The van der Waals surface area contributed by atoms with Crippen molar-refractivity contribution in [3.8, 4) is 0 Å². The maximum absolute atomic E-state index is 13.7. The molecule has 9 heteroatoms. The quantitative estimate of drug-likeness (QED) is 0.477. The molecule has 35 heavy (non-hydrogen) atoms. The second kappa shape index (κ2) is 12.4. The first kappa shape index (κ1) is 28.7. The summed E-state index contributed by atoms with van der Waals surface area (Å²) in [7, 11) is -3.78. The lowest BCUT2D eigenvalue weighted by atomic mass is 10.1. The molecule has 1 N–H and O–H groups in total. The molecule has 7 nitrogen and oxygen atoms in total. The number of carbonyl (C=O) groups is 2. The minimum Gasteiger partial charge on any atom is -0.354 e. The summed E-state index contributed by atoms with van der Waals surface area (Å²) in [5, 5.41) is 3.37. The maximum Gasteiger partial charge on any atom is 0.244 e. The van der Waals surface area contributed by atoms with Gasteiger partial charge in [0.1, 0.15) is 12.6 Å². The minimum absolute atomic E-state index is 0.0799. The van der Waals surface area contributed by atoms with Crippen molar-refractivity contribution in [1.29, 1.82) is 0 Å². The van der Waals surface area contributed by atoms with Crippen LogP contribution in [0.25, 0.3) is 0 Å². The number of nitrogens with zero attached hydrogens (tertiary/aromatic N) is 2. The Morgan fingerprint density at radius 1 is 1.09 bits per heavy atom. The lowest BCUT2D eigenvalue weighted by molar-refractivity contribution is -0.140. The van der Waals surface area contributed by atoms with Crippen molar-refractivity contribution >= 4 is 39.1 Å². The normalized spacial score (nSPS) is 12.3. The van der Waals surface area contributed by atoms with Crippen molar-refractivity contribution < 1.29 is 18.0 Å². The number of halogens is 1. The molecule has 0 aliphatic carbocycles. The van der Waals surface area contributed by atoms with E-state index < -0.39 is 28.5 Å². The molecule has 1 atom stereocenters. The number of carbonyl (C=O) groups excluding carboxylic acids is 2. The van der Waals surface area contributed by atoms with Gasteiger partial charge in [0.05, 0.1) is 11.9 Å². The SMILES string of the molecule is CC[C@H](C(=O)NCC(C)C)N(Cc1ccccc1Cl)C(=O)CN(c1cc(C)ccc1C)S(C)(=O)=O. The van der Waals surface area contributed by atoms with Gasteiger partial charge in [0.2, 0.25) is 21.8 Å². The average Bonchev–Trinajstić information content (AvgIpc) is 2.78. The van der Waals surface area contributed by atoms with Gasteiger partial charge in [-0.15, -0.1) is 0 Å². The zero-order valence-electron chi connectivity index (χ0n) is 21.3. The van der Waals surface area contributed by atoms with Gasteiger partial charge in [0, 0.05) is 18.1 Å². The highest BCUT2D eigenvalue weighted by atomic mass is 35.5. The Labute approximate surface area is 214 Å². The van der Waals surface area contributed by atoms with Crippen LogP contribution in [0.15, 0.2) is 42.5 Å². The second-order valence-electron chi connectivity index (χ2n) is 9.24. The molecule has 0 spiro atoms. The fraction of sp³-hybridized carbons (Fsp3) is 0.462. The number of sulfonamides is 1. The van der Waals surface area contributed by atoms with Gasteiger partial charge in [-0.1, -0.05) is 62.7 Å². The molecule has 192 valence electrons. The highest BCUT2D eigenvalue weighted by molar-refractivity contribution is 7.92. The number of hydrogen-bond donors (Lipinski definition) is 1. The Balaban J connectivity index is 2.48. The molecule has 0 radical (unpaired) electrons. The molecule has 0 heterocycles. The third-order valence-electron chi connectivity index (χ3n) is 5.68. The Morgan fingerprint density at radius 3 is 2.31 bits per heavy atom. The fourth-order valence-corrected chi connectivity index (χ4v) is 4.83. The number of anilines is 1. The molecular formula is C26H36ClN3O4S. The molecule has 2 amide bonds. The smallest absolute Gasteiger partial charge is 0.244 e. The third kappa shape index (κ3) is 7.97. The van der Waals surface area contributed by atoms with Gasteiger partial charge in [0.15, 0.2) is 0 Å². The van der Waals surface area contributed by atoms with Crippen LogP contribution in [0.5, 0.6) is 0 Å². The number of amides is 2. The minimum atomic E-state index is -3.78. The Hall–Kier alpha value is -2.58. The molecule has 0 bridgehead atoms. The van der Waals surface area contributed by atoms with Crippen LogP contribution in [0.4, 0.5) is 5.69 Å². The first-order valence-electron chi connectivity index (χ1n) is 11.7. The molecule has 0 aliphatic rings. The Morgan fingerprint density at radius 2 is 1.74 bits per heavy atom. The van der Waals surface area contributed by atoms with Crippen LogP contribution in [0, 0.1) is 19.8 Å². The van der Waals surface area contributed by atoms with Gasteiger partial charge in [-0.25, -0.2) is 8.42 Å². The van der Waals surface area contributed by atoms with Crippen molar-refractivity contribution in [3.63, 3.8) is 0 Å². The van der Waals surface area contributed by atoms with E-state index in [1.54, 1.807) is 31.2 Å². The summed E-state index contributed by atoms with van der Waals surface area (Å²) in [5.41, 5.74) is 2.72. The van der Waals surface area contributed by atoms with Gasteiger partial charge in [-0.2, -0.15) is 0 Å². The van der Waals surface area contributed by atoms with Gasteiger partial charge >= 0.3 is 0 Å². The first-order chi connectivity index (χ1) is 16.3. The van der Waals surface area contributed by atoms with E-state index >= 15 is 0 Å². The summed E-state index contributed by atoms with van der Waals surface area (Å²) in [6, 6.07) is 11.8. The summed E-state index contributed by atoms with van der Waals surface area (Å²) in [6.07, 6.45) is 1.44. The zero-order valence-corrected chi connectivity index (χ0v) is 22.9. The first-order valence-corrected chi connectivity index (χ1v) is 13.9. The molecule has 0 saturated heterocycles. The number of nitrogens with one attached hydrogen (secondary N) is 1. The summed E-state index contributed by atoms with van der Waals surface area (Å²) in [6.45, 7) is 9.59. The van der Waals surface area contributed by atoms with Crippen molar-refractivity contribution in [2.45, 2.75) is 53.6 Å². The van der Waals surface area contributed by atoms with Crippen molar-refractivity contribution in [1.82, 2.24) is 10.2 Å². The van der Waals surface area contributed by atoms with Gasteiger partial charge in [0.25, 0.3) is 0 Å². The van der Waals surface area contributed by atoms with Crippen molar-refractivity contribution in [2.75, 3.05) is 23.7 Å². The predicted molar refractivity (Wildman–Crippen MR) is 142 cm³/mol. The zero-order chi connectivity index (χ0) is 26.3. The summed E-state index contributed by atoms with van der Waals surface area (Å²) in [5.74, 6) is -0.517. The Bertz CT molecular complexity index is 1150. The molecular weight excluding hydrogens is 486 g/mol. The van der Waals surface area contributed by atoms with E-state index in [0.717, 1.165) is 21.7 Å². The predicted octanol–water partition coefficient (Wildman–Crippen LogP) is 4.30. The summed E-state index contributed by atoms with van der Waals surface area (Å²) in [4.78, 5) is 28.2. The number of benzene rings is 2. The third-order valence-corrected chi connectivity index (χ3v) is 7.18. The summed E-state index contributed by atoms with van der Waals surface area (Å²) < 4.78 is 26.7.